The number of aliphatic carboxylic acids is 2. The van der Waals surface area contributed by atoms with Crippen LogP contribution in [-0.4, -0.2) is 74.0 Å². The lowest BCUT2D eigenvalue weighted by Crippen LogP contribution is -2.58. The van der Waals surface area contributed by atoms with Gasteiger partial charge >= 0.3 is 11.9 Å². The van der Waals surface area contributed by atoms with Gasteiger partial charge in [0.25, 0.3) is 0 Å². The van der Waals surface area contributed by atoms with Crippen molar-refractivity contribution in [2.45, 2.75) is 56.3 Å². The average Bonchev–Trinajstić information content (AvgIpc) is 3.48. The molecule has 1 aromatic heterocycles. The van der Waals surface area contributed by atoms with Crippen LogP contribution in [0.25, 0.3) is 0 Å². The van der Waals surface area contributed by atoms with Gasteiger partial charge in [-0.05, 0) is 17.5 Å². The lowest BCUT2D eigenvalue weighted by atomic mass is 10.0. The summed E-state index contributed by atoms with van der Waals surface area (Å²) in [6, 6.07) is 12.9. The van der Waals surface area contributed by atoms with Gasteiger partial charge in [0, 0.05) is 37.6 Å². The van der Waals surface area contributed by atoms with Crippen molar-refractivity contribution < 1.29 is 34.2 Å². The van der Waals surface area contributed by atoms with Gasteiger partial charge in [0.2, 0.25) is 17.7 Å². The lowest BCUT2D eigenvalue weighted by molar-refractivity contribution is -0.143. The van der Waals surface area contributed by atoms with E-state index in [0.29, 0.717) is 11.3 Å². The minimum atomic E-state index is -1.48. The maximum Gasteiger partial charge on any atom is 0.326 e. The molecule has 4 unspecified atom stereocenters. The van der Waals surface area contributed by atoms with Crippen LogP contribution in [0.15, 0.2) is 73.2 Å². The first-order valence-electron chi connectivity index (χ1n) is 13.3. The zero-order chi connectivity index (χ0) is 30.5. The summed E-state index contributed by atoms with van der Waals surface area (Å²) in [6.07, 6.45) is 2.42. The Morgan fingerprint density at radius 1 is 0.738 bits per heavy atom. The lowest BCUT2D eigenvalue weighted by Gasteiger charge is -2.25. The van der Waals surface area contributed by atoms with Gasteiger partial charge in [0.15, 0.2) is 0 Å². The van der Waals surface area contributed by atoms with E-state index in [4.69, 9.17) is 10.8 Å². The van der Waals surface area contributed by atoms with Crippen LogP contribution < -0.4 is 21.7 Å². The van der Waals surface area contributed by atoms with Crippen LogP contribution in [0, 0.1) is 0 Å². The van der Waals surface area contributed by atoms with Gasteiger partial charge < -0.3 is 36.9 Å². The molecule has 3 amide bonds. The van der Waals surface area contributed by atoms with Crippen molar-refractivity contribution in [2.75, 3.05) is 0 Å². The maximum absolute atomic E-state index is 13.6. The summed E-state index contributed by atoms with van der Waals surface area (Å²) in [5.41, 5.74) is 8.14. The second-order valence-corrected chi connectivity index (χ2v) is 9.72. The summed E-state index contributed by atoms with van der Waals surface area (Å²) in [6.45, 7) is 0. The third-order valence-electron chi connectivity index (χ3n) is 6.42. The van der Waals surface area contributed by atoms with E-state index in [0.717, 1.165) is 5.56 Å². The molecule has 1 heterocycles. The molecule has 0 aliphatic carbocycles. The Morgan fingerprint density at radius 3 is 1.69 bits per heavy atom. The van der Waals surface area contributed by atoms with Crippen LogP contribution in [0.4, 0.5) is 0 Å². The number of nitrogens with two attached hydrogens (primary N) is 1. The van der Waals surface area contributed by atoms with E-state index in [-0.39, 0.29) is 25.7 Å². The quantitative estimate of drug-likeness (QED) is 0.123. The first-order chi connectivity index (χ1) is 20.1. The number of carbonyl (C=O) groups is 5. The molecule has 3 rings (SSSR count). The van der Waals surface area contributed by atoms with Crippen molar-refractivity contribution in [3.63, 3.8) is 0 Å². The zero-order valence-corrected chi connectivity index (χ0v) is 22.7. The molecule has 0 aliphatic heterocycles. The first kappa shape index (κ1) is 31.5. The molecule has 0 fully saturated rings. The Hall–Kier alpha value is -5.04. The van der Waals surface area contributed by atoms with Crippen molar-refractivity contribution in [3.8, 4) is 0 Å². The van der Waals surface area contributed by atoms with Gasteiger partial charge in [-0.2, -0.15) is 0 Å². The average molecular weight is 579 g/mol. The summed E-state index contributed by atoms with van der Waals surface area (Å²) < 4.78 is 0. The molecule has 0 spiro atoms. The van der Waals surface area contributed by atoms with E-state index in [1.807, 2.05) is 0 Å². The number of hydrogen-bond donors (Lipinski definition) is 7. The van der Waals surface area contributed by atoms with Gasteiger partial charge in [0.05, 0.1) is 12.4 Å². The second-order valence-electron chi connectivity index (χ2n) is 9.72. The minimum Gasteiger partial charge on any atom is -0.481 e. The molecular formula is C29H34N6O7. The highest BCUT2D eigenvalue weighted by molar-refractivity contribution is 5.94. The molecule has 0 aliphatic rings. The van der Waals surface area contributed by atoms with E-state index in [1.54, 1.807) is 60.7 Å². The van der Waals surface area contributed by atoms with Gasteiger partial charge in [0.1, 0.15) is 18.1 Å². The molecule has 222 valence electrons. The molecule has 0 saturated carbocycles. The van der Waals surface area contributed by atoms with E-state index in [1.165, 1.54) is 12.5 Å². The van der Waals surface area contributed by atoms with Crippen LogP contribution in [0.3, 0.4) is 0 Å². The predicted molar refractivity (Wildman–Crippen MR) is 151 cm³/mol. The highest BCUT2D eigenvalue weighted by atomic mass is 16.4. The number of carboxylic acids is 2. The monoisotopic (exact) mass is 578 g/mol. The predicted octanol–water partition coefficient (Wildman–Crippen LogP) is 0.169. The van der Waals surface area contributed by atoms with Crippen molar-refractivity contribution in [3.05, 3.63) is 90.0 Å². The summed E-state index contributed by atoms with van der Waals surface area (Å²) >= 11 is 0. The number of nitrogens with zero attached hydrogens (tertiary/aromatic N) is 1. The van der Waals surface area contributed by atoms with Gasteiger partial charge in [-0.15, -0.1) is 0 Å². The number of nitrogens with one attached hydrogen (secondary N) is 4. The van der Waals surface area contributed by atoms with Gasteiger partial charge in [-0.1, -0.05) is 60.7 Å². The smallest absolute Gasteiger partial charge is 0.326 e. The highest BCUT2D eigenvalue weighted by Gasteiger charge is 2.31. The van der Waals surface area contributed by atoms with E-state index in [2.05, 4.69) is 25.9 Å². The number of amides is 3. The fourth-order valence-electron chi connectivity index (χ4n) is 4.19. The SMILES string of the molecule is NC(Cc1cnc[nH]1)C(=O)NC(Cc1ccccc1)C(=O)NC(Cc1ccccc1)C(=O)NC(CCC(=O)O)C(=O)O. The largest absolute Gasteiger partial charge is 0.481 e. The number of aromatic nitrogens is 2. The van der Waals surface area contributed by atoms with Crippen LogP contribution in [-0.2, 0) is 43.2 Å². The molecule has 8 N–H and O–H groups in total. The van der Waals surface area contributed by atoms with Crippen molar-refractivity contribution in [2.24, 2.45) is 5.73 Å². The van der Waals surface area contributed by atoms with Crippen molar-refractivity contribution >= 4 is 29.7 Å². The minimum absolute atomic E-state index is 0.00895. The van der Waals surface area contributed by atoms with E-state index in [9.17, 15) is 29.1 Å². The summed E-state index contributed by atoms with van der Waals surface area (Å²) in [5, 5.41) is 26.1. The normalized spacial score (nSPS) is 13.6. The number of rotatable bonds is 16. The summed E-state index contributed by atoms with van der Waals surface area (Å²) in [4.78, 5) is 69.3. The molecule has 13 nitrogen and oxygen atoms in total. The van der Waals surface area contributed by atoms with Gasteiger partial charge in [-0.3, -0.25) is 19.2 Å². The number of H-pyrrole nitrogens is 1. The molecule has 0 saturated heterocycles. The first-order valence-corrected chi connectivity index (χ1v) is 13.3. The molecular weight excluding hydrogens is 544 g/mol. The van der Waals surface area contributed by atoms with Gasteiger partial charge in [-0.25, -0.2) is 9.78 Å². The maximum atomic E-state index is 13.6. The zero-order valence-electron chi connectivity index (χ0n) is 22.7. The topological polar surface area (TPSA) is 217 Å². The van der Waals surface area contributed by atoms with E-state index < -0.39 is 60.2 Å². The molecule has 4 atom stereocenters. The van der Waals surface area contributed by atoms with Crippen molar-refractivity contribution in [1.82, 2.24) is 25.9 Å². The molecule has 13 heteroatoms. The molecule has 0 bridgehead atoms. The number of carboxylic acid groups (broad SMARTS) is 2. The molecule has 0 radical (unpaired) electrons. The van der Waals surface area contributed by atoms with Crippen LogP contribution in [0.1, 0.15) is 29.7 Å². The fraction of sp³-hybridized carbons (Fsp3) is 0.310. The standard InChI is InChI=1S/C29H34N6O7/c30-21(15-20-16-31-17-32-20)26(38)34-23(13-18-7-3-1-4-8-18)28(40)35-24(14-19-9-5-2-6-10-19)27(39)33-22(29(41)42)11-12-25(36)37/h1-10,16-17,21-24H,11-15,30H2,(H,31,32)(H,33,39)(H,34,38)(H,35,40)(H,36,37)(H,41,42). The number of aromatic amines is 1. The number of benzene rings is 2. The molecule has 42 heavy (non-hydrogen) atoms. The second kappa shape index (κ2) is 15.7. The van der Waals surface area contributed by atoms with Crippen LogP contribution in [0.2, 0.25) is 0 Å². The van der Waals surface area contributed by atoms with Crippen LogP contribution >= 0.6 is 0 Å². The Morgan fingerprint density at radius 2 is 1.24 bits per heavy atom. The number of hydrogen-bond acceptors (Lipinski definition) is 7. The van der Waals surface area contributed by atoms with Crippen LogP contribution in [0.5, 0.6) is 0 Å². The highest BCUT2D eigenvalue weighted by Crippen LogP contribution is 2.09. The Balaban J connectivity index is 1.81. The third kappa shape index (κ3) is 10.2. The third-order valence-corrected chi connectivity index (χ3v) is 6.42. The fourth-order valence-corrected chi connectivity index (χ4v) is 4.19. The summed E-state index contributed by atoms with van der Waals surface area (Å²) in [5.74, 6) is -4.71. The number of carbonyl (C=O) groups excluding carboxylic acids is 3. The Labute approximate surface area is 241 Å². The number of imidazole rings is 1. The Bertz CT molecular complexity index is 1340. The summed E-state index contributed by atoms with van der Waals surface area (Å²) in [7, 11) is 0. The van der Waals surface area contributed by atoms with E-state index >= 15 is 0 Å². The Kier molecular flexibility index (Phi) is 11.7. The van der Waals surface area contributed by atoms with Crippen molar-refractivity contribution in [1.29, 1.82) is 0 Å². The molecule has 3 aromatic rings. The molecule has 2 aromatic carbocycles.